The largest absolute Gasteiger partial charge is 0.328 e. The lowest BCUT2D eigenvalue weighted by Gasteiger charge is -2.21. The van der Waals surface area contributed by atoms with Gasteiger partial charge < -0.3 is 5.73 Å². The van der Waals surface area contributed by atoms with Crippen LogP contribution >= 0.6 is 15.9 Å². The fourth-order valence-corrected chi connectivity index (χ4v) is 2.66. The molecule has 0 bridgehead atoms. The molecule has 0 saturated heterocycles. The van der Waals surface area contributed by atoms with Gasteiger partial charge in [0.2, 0.25) is 0 Å². The van der Waals surface area contributed by atoms with Gasteiger partial charge in [-0.1, -0.05) is 12.8 Å². The van der Waals surface area contributed by atoms with Gasteiger partial charge in [-0.3, -0.25) is 4.68 Å². The zero-order valence-electron chi connectivity index (χ0n) is 8.19. The molecule has 1 saturated carbocycles. The number of nitrogens with two attached hydrogens (primary N) is 1. The molecule has 1 unspecified atom stereocenters. The quantitative estimate of drug-likeness (QED) is 0.904. The SMILES string of the molecule is NCC(C1CCCC1)n1cc(Br)cn1. The highest BCUT2D eigenvalue weighted by Crippen LogP contribution is 2.33. The van der Waals surface area contributed by atoms with Gasteiger partial charge in [-0.2, -0.15) is 5.10 Å². The van der Waals surface area contributed by atoms with Gasteiger partial charge in [0.15, 0.2) is 0 Å². The van der Waals surface area contributed by atoms with E-state index in [0.29, 0.717) is 12.6 Å². The minimum absolute atomic E-state index is 0.392. The van der Waals surface area contributed by atoms with Crippen LogP contribution in [0.1, 0.15) is 31.7 Å². The summed E-state index contributed by atoms with van der Waals surface area (Å²) in [6.07, 6.45) is 9.17. The van der Waals surface area contributed by atoms with Gasteiger partial charge in [0.1, 0.15) is 0 Å². The average Bonchev–Trinajstić information content (AvgIpc) is 2.79. The van der Waals surface area contributed by atoms with E-state index in [4.69, 9.17) is 5.73 Å². The molecule has 1 heterocycles. The van der Waals surface area contributed by atoms with Gasteiger partial charge in [-0.15, -0.1) is 0 Å². The molecule has 0 aromatic carbocycles. The summed E-state index contributed by atoms with van der Waals surface area (Å²) in [6.45, 7) is 0.693. The maximum atomic E-state index is 5.82. The predicted molar refractivity (Wildman–Crippen MR) is 60.0 cm³/mol. The molecule has 1 aromatic rings. The van der Waals surface area contributed by atoms with Gasteiger partial charge >= 0.3 is 0 Å². The van der Waals surface area contributed by atoms with Crippen molar-refractivity contribution in [3.8, 4) is 0 Å². The highest BCUT2D eigenvalue weighted by molar-refractivity contribution is 9.10. The third kappa shape index (κ3) is 2.01. The lowest BCUT2D eigenvalue weighted by atomic mass is 9.98. The highest BCUT2D eigenvalue weighted by Gasteiger charge is 2.25. The fraction of sp³-hybridized carbons (Fsp3) is 0.700. The van der Waals surface area contributed by atoms with Crippen molar-refractivity contribution in [2.24, 2.45) is 11.7 Å². The van der Waals surface area contributed by atoms with E-state index in [0.717, 1.165) is 10.4 Å². The van der Waals surface area contributed by atoms with Crippen LogP contribution in [0, 0.1) is 5.92 Å². The smallest absolute Gasteiger partial charge is 0.0669 e. The standard InChI is InChI=1S/C10H16BrN3/c11-9-6-13-14(7-9)10(5-12)8-3-1-2-4-8/h6-8,10H,1-5,12H2. The molecule has 1 atom stereocenters. The van der Waals surface area contributed by atoms with Gasteiger partial charge in [0.05, 0.1) is 16.7 Å². The fourth-order valence-electron chi connectivity index (χ4n) is 2.35. The Morgan fingerprint density at radius 3 is 2.79 bits per heavy atom. The molecule has 0 amide bonds. The Balaban J connectivity index is 2.12. The number of hydrogen-bond donors (Lipinski definition) is 1. The molecule has 14 heavy (non-hydrogen) atoms. The first-order valence-electron chi connectivity index (χ1n) is 5.21. The molecule has 1 aliphatic rings. The maximum Gasteiger partial charge on any atom is 0.0669 e. The van der Waals surface area contributed by atoms with E-state index in [1.165, 1.54) is 25.7 Å². The first-order chi connectivity index (χ1) is 6.81. The first-order valence-corrected chi connectivity index (χ1v) is 6.00. The maximum absolute atomic E-state index is 5.82. The van der Waals surface area contributed by atoms with E-state index in [1.807, 2.05) is 17.1 Å². The van der Waals surface area contributed by atoms with Crippen molar-refractivity contribution in [3.63, 3.8) is 0 Å². The van der Waals surface area contributed by atoms with Gasteiger partial charge in [0.25, 0.3) is 0 Å². The first kappa shape index (κ1) is 10.2. The minimum Gasteiger partial charge on any atom is -0.328 e. The molecule has 78 valence electrons. The third-order valence-electron chi connectivity index (χ3n) is 3.10. The second-order valence-electron chi connectivity index (χ2n) is 3.99. The van der Waals surface area contributed by atoms with E-state index in [2.05, 4.69) is 21.0 Å². The predicted octanol–water partition coefficient (Wildman–Crippen LogP) is 2.34. The lowest BCUT2D eigenvalue weighted by molar-refractivity contribution is 0.317. The summed E-state index contributed by atoms with van der Waals surface area (Å²) in [7, 11) is 0. The Labute approximate surface area is 92.8 Å². The molecule has 2 rings (SSSR count). The zero-order chi connectivity index (χ0) is 9.97. The van der Waals surface area contributed by atoms with Crippen molar-refractivity contribution in [2.75, 3.05) is 6.54 Å². The number of rotatable bonds is 3. The van der Waals surface area contributed by atoms with Crippen LogP contribution in [0.25, 0.3) is 0 Å². The van der Waals surface area contributed by atoms with Gasteiger partial charge in [0, 0.05) is 12.7 Å². The van der Waals surface area contributed by atoms with Crippen LogP contribution in [0.3, 0.4) is 0 Å². The van der Waals surface area contributed by atoms with Crippen molar-refractivity contribution in [1.82, 2.24) is 9.78 Å². The van der Waals surface area contributed by atoms with Crippen LogP contribution in [0.4, 0.5) is 0 Å². The van der Waals surface area contributed by atoms with Gasteiger partial charge in [-0.05, 0) is 34.7 Å². The molecule has 1 fully saturated rings. The lowest BCUT2D eigenvalue weighted by Crippen LogP contribution is -2.25. The van der Waals surface area contributed by atoms with E-state index in [1.54, 1.807) is 0 Å². The molecular formula is C10H16BrN3. The Kier molecular flexibility index (Phi) is 3.23. The zero-order valence-corrected chi connectivity index (χ0v) is 9.78. The molecule has 3 nitrogen and oxygen atoms in total. The van der Waals surface area contributed by atoms with Crippen molar-refractivity contribution in [2.45, 2.75) is 31.7 Å². The second kappa shape index (κ2) is 4.45. The minimum atomic E-state index is 0.392. The third-order valence-corrected chi connectivity index (χ3v) is 3.50. The number of nitrogens with zero attached hydrogens (tertiary/aromatic N) is 2. The van der Waals surface area contributed by atoms with Gasteiger partial charge in [-0.25, -0.2) is 0 Å². The van der Waals surface area contributed by atoms with E-state index >= 15 is 0 Å². The molecule has 1 aliphatic carbocycles. The van der Waals surface area contributed by atoms with Crippen LogP contribution in [0.15, 0.2) is 16.9 Å². The second-order valence-corrected chi connectivity index (χ2v) is 4.90. The molecule has 2 N–H and O–H groups in total. The van der Waals surface area contributed by atoms with Crippen molar-refractivity contribution in [1.29, 1.82) is 0 Å². The summed E-state index contributed by atoms with van der Waals surface area (Å²) in [4.78, 5) is 0. The average molecular weight is 258 g/mol. The topological polar surface area (TPSA) is 43.8 Å². The van der Waals surface area contributed by atoms with E-state index in [9.17, 15) is 0 Å². The Hall–Kier alpha value is -0.350. The monoisotopic (exact) mass is 257 g/mol. The molecule has 4 heteroatoms. The summed E-state index contributed by atoms with van der Waals surface area (Å²) in [5, 5.41) is 4.32. The number of aromatic nitrogens is 2. The van der Waals surface area contributed by atoms with Crippen molar-refractivity contribution < 1.29 is 0 Å². The Bertz CT molecular complexity index is 291. The molecule has 0 aliphatic heterocycles. The van der Waals surface area contributed by atoms with Crippen LogP contribution in [-0.2, 0) is 0 Å². The van der Waals surface area contributed by atoms with E-state index < -0.39 is 0 Å². The Morgan fingerprint density at radius 2 is 2.29 bits per heavy atom. The van der Waals surface area contributed by atoms with E-state index in [-0.39, 0.29) is 0 Å². The summed E-state index contributed by atoms with van der Waals surface area (Å²) in [5.74, 6) is 0.729. The van der Waals surface area contributed by atoms with Crippen LogP contribution in [0.5, 0.6) is 0 Å². The summed E-state index contributed by atoms with van der Waals surface area (Å²) in [6, 6.07) is 0.392. The van der Waals surface area contributed by atoms with Crippen LogP contribution in [0.2, 0.25) is 0 Å². The molecule has 0 radical (unpaired) electrons. The molecular weight excluding hydrogens is 242 g/mol. The summed E-state index contributed by atoms with van der Waals surface area (Å²) in [5.41, 5.74) is 5.82. The van der Waals surface area contributed by atoms with Crippen LogP contribution in [-0.4, -0.2) is 16.3 Å². The van der Waals surface area contributed by atoms with Crippen molar-refractivity contribution in [3.05, 3.63) is 16.9 Å². The normalized spacial score (nSPS) is 20.1. The molecule has 0 spiro atoms. The van der Waals surface area contributed by atoms with Crippen LogP contribution < -0.4 is 5.73 Å². The number of hydrogen-bond acceptors (Lipinski definition) is 2. The van der Waals surface area contributed by atoms with Crippen molar-refractivity contribution >= 4 is 15.9 Å². The Morgan fingerprint density at radius 1 is 1.57 bits per heavy atom. The summed E-state index contributed by atoms with van der Waals surface area (Å²) >= 11 is 3.41. The molecule has 1 aromatic heterocycles. The highest BCUT2D eigenvalue weighted by atomic mass is 79.9. The number of halogens is 1. The summed E-state index contributed by atoms with van der Waals surface area (Å²) < 4.78 is 3.05.